The number of nitrogens with zero attached hydrogens (tertiary/aromatic N) is 2. The van der Waals surface area contributed by atoms with Gasteiger partial charge in [-0.15, -0.1) is 0 Å². The highest BCUT2D eigenvalue weighted by atomic mass is 35.5. The first kappa shape index (κ1) is 18.2. The van der Waals surface area contributed by atoms with Crippen LogP contribution in [-0.4, -0.2) is 22.6 Å². The summed E-state index contributed by atoms with van der Waals surface area (Å²) >= 11 is 6.79. The molecular weight excluding hydrogens is 392 g/mol. The van der Waals surface area contributed by atoms with Crippen LogP contribution in [0.5, 0.6) is 0 Å². The van der Waals surface area contributed by atoms with Crippen molar-refractivity contribution in [2.75, 3.05) is 13.1 Å². The van der Waals surface area contributed by atoms with E-state index in [2.05, 4.69) is 59.5 Å². The average molecular weight is 415 g/mol. The summed E-state index contributed by atoms with van der Waals surface area (Å²) in [6.07, 6.45) is 1.18. The summed E-state index contributed by atoms with van der Waals surface area (Å²) in [6.45, 7) is 3.76. The summed E-state index contributed by atoms with van der Waals surface area (Å²) in [6, 6.07) is 22.7. The number of hydrogen-bond donors (Lipinski definition) is 0. The molecule has 0 spiro atoms. The molecule has 2 aliphatic rings. The Balaban J connectivity index is 1.43. The van der Waals surface area contributed by atoms with Crippen LogP contribution in [0.25, 0.3) is 21.5 Å². The van der Waals surface area contributed by atoms with Crippen molar-refractivity contribution in [3.05, 3.63) is 93.4 Å². The third kappa shape index (κ3) is 2.80. The maximum atomic E-state index is 12.3. The fraction of sp³-hybridized carbons (Fsp3) is 0.269. The molecule has 0 saturated carbocycles. The van der Waals surface area contributed by atoms with Gasteiger partial charge in [-0.3, -0.25) is 9.69 Å². The largest absolute Gasteiger partial charge is 0.312 e. The van der Waals surface area contributed by atoms with Gasteiger partial charge < -0.3 is 4.57 Å². The molecule has 0 aliphatic carbocycles. The van der Waals surface area contributed by atoms with Crippen LogP contribution in [0.4, 0.5) is 0 Å². The van der Waals surface area contributed by atoms with Crippen molar-refractivity contribution in [2.45, 2.75) is 25.4 Å². The summed E-state index contributed by atoms with van der Waals surface area (Å²) in [7, 11) is 0. The van der Waals surface area contributed by atoms with Crippen molar-refractivity contribution in [3.8, 4) is 0 Å². The van der Waals surface area contributed by atoms with E-state index in [0.717, 1.165) is 42.0 Å². The highest BCUT2D eigenvalue weighted by Crippen LogP contribution is 2.39. The Morgan fingerprint density at radius 2 is 1.47 bits per heavy atom. The predicted octanol–water partition coefficient (Wildman–Crippen LogP) is 5.43. The molecule has 4 aromatic rings. The van der Waals surface area contributed by atoms with E-state index in [1.165, 1.54) is 28.5 Å². The van der Waals surface area contributed by atoms with Gasteiger partial charge in [0, 0.05) is 54.6 Å². The fourth-order valence-electron chi connectivity index (χ4n) is 5.68. The van der Waals surface area contributed by atoms with E-state index in [1.807, 2.05) is 10.6 Å². The first-order valence-electron chi connectivity index (χ1n) is 10.7. The van der Waals surface area contributed by atoms with Gasteiger partial charge in [-0.05, 0) is 34.7 Å². The van der Waals surface area contributed by atoms with Gasteiger partial charge in [-0.2, -0.15) is 0 Å². The molecular formula is C26H23ClN2O. The average Bonchev–Trinajstić information content (AvgIpc) is 2.77. The van der Waals surface area contributed by atoms with Gasteiger partial charge in [-0.1, -0.05) is 66.2 Å². The Morgan fingerprint density at radius 3 is 2.17 bits per heavy atom. The van der Waals surface area contributed by atoms with Crippen LogP contribution in [0.15, 0.2) is 71.5 Å². The second-order valence-electron chi connectivity index (χ2n) is 8.78. The third-order valence-electron chi connectivity index (χ3n) is 6.91. The molecule has 1 fully saturated rings. The second kappa shape index (κ2) is 6.97. The first-order valence-corrected chi connectivity index (χ1v) is 11.1. The van der Waals surface area contributed by atoms with E-state index in [1.54, 1.807) is 6.07 Å². The van der Waals surface area contributed by atoms with Gasteiger partial charge >= 0.3 is 0 Å². The molecule has 2 aliphatic heterocycles. The molecule has 1 saturated heterocycles. The minimum Gasteiger partial charge on any atom is -0.312 e. The van der Waals surface area contributed by atoms with E-state index in [0.29, 0.717) is 11.8 Å². The van der Waals surface area contributed by atoms with E-state index in [4.69, 9.17) is 11.6 Å². The van der Waals surface area contributed by atoms with Crippen molar-refractivity contribution in [3.63, 3.8) is 0 Å². The maximum Gasteiger partial charge on any atom is 0.250 e. The highest BCUT2D eigenvalue weighted by Gasteiger charge is 2.34. The van der Waals surface area contributed by atoms with Gasteiger partial charge in [0.15, 0.2) is 0 Å². The Morgan fingerprint density at radius 1 is 0.800 bits per heavy atom. The summed E-state index contributed by atoms with van der Waals surface area (Å²) < 4.78 is 2.00. The highest BCUT2D eigenvalue weighted by molar-refractivity contribution is 6.41. The molecule has 1 aromatic heterocycles. The number of rotatable bonds is 2. The number of fused-ring (bicyclic) bond motifs is 6. The van der Waals surface area contributed by atoms with Crippen LogP contribution in [0.3, 0.4) is 0 Å². The minimum atomic E-state index is 0.144. The van der Waals surface area contributed by atoms with E-state index in [-0.39, 0.29) is 5.56 Å². The number of piperidine rings is 1. The molecule has 4 heteroatoms. The van der Waals surface area contributed by atoms with Crippen LogP contribution < -0.4 is 5.56 Å². The van der Waals surface area contributed by atoms with Crippen LogP contribution in [0.2, 0.25) is 5.02 Å². The first-order chi connectivity index (χ1) is 14.7. The van der Waals surface area contributed by atoms with Crippen LogP contribution in [0, 0.1) is 5.92 Å². The lowest BCUT2D eigenvalue weighted by molar-refractivity contribution is 0.115. The summed E-state index contributed by atoms with van der Waals surface area (Å²) in [5.74, 6) is 0.956. The smallest absolute Gasteiger partial charge is 0.250 e. The number of aromatic nitrogens is 1. The van der Waals surface area contributed by atoms with E-state index < -0.39 is 0 Å². The minimum absolute atomic E-state index is 0.144. The van der Waals surface area contributed by atoms with Crippen molar-refractivity contribution < 1.29 is 0 Å². The lowest BCUT2D eigenvalue weighted by atomic mass is 9.82. The maximum absolute atomic E-state index is 12.3. The fourth-order valence-corrected chi connectivity index (χ4v) is 6.01. The Kier molecular flexibility index (Phi) is 4.22. The predicted molar refractivity (Wildman–Crippen MR) is 123 cm³/mol. The van der Waals surface area contributed by atoms with Gasteiger partial charge in [0.05, 0.1) is 5.02 Å². The zero-order chi connectivity index (χ0) is 20.2. The zero-order valence-corrected chi connectivity index (χ0v) is 17.5. The van der Waals surface area contributed by atoms with E-state index >= 15 is 0 Å². The lowest BCUT2D eigenvalue weighted by Gasteiger charge is -2.43. The summed E-state index contributed by atoms with van der Waals surface area (Å²) in [4.78, 5) is 14.9. The number of pyridine rings is 1. The number of benzene rings is 3. The van der Waals surface area contributed by atoms with Gasteiger partial charge in [0.1, 0.15) is 0 Å². The molecule has 6 rings (SSSR count). The molecule has 3 aromatic carbocycles. The van der Waals surface area contributed by atoms with Crippen molar-refractivity contribution >= 4 is 33.1 Å². The molecule has 0 radical (unpaired) electrons. The molecule has 0 amide bonds. The van der Waals surface area contributed by atoms with Crippen molar-refractivity contribution in [2.24, 2.45) is 5.92 Å². The second-order valence-corrected chi connectivity index (χ2v) is 9.15. The molecule has 0 unspecified atom stereocenters. The SMILES string of the molecule is O=c1cccc2n1C[C@H]1C[C@H]2CN(Cc2c3ccccc3c(Cl)c3ccccc23)C1. The van der Waals surface area contributed by atoms with Crippen LogP contribution in [0.1, 0.15) is 23.6 Å². The monoisotopic (exact) mass is 414 g/mol. The zero-order valence-electron chi connectivity index (χ0n) is 16.7. The summed E-state index contributed by atoms with van der Waals surface area (Å²) in [5.41, 5.74) is 2.70. The van der Waals surface area contributed by atoms with Crippen LogP contribution >= 0.6 is 11.6 Å². The lowest BCUT2D eigenvalue weighted by Crippen LogP contribution is -2.46. The number of halogens is 1. The molecule has 2 atom stereocenters. The van der Waals surface area contributed by atoms with E-state index in [9.17, 15) is 4.79 Å². The standard InChI is InChI=1S/C26H23ClN2O/c27-26-21-8-3-1-6-19(21)23(20-7-2-4-9-22(20)26)16-28-13-17-12-18(15-28)24-10-5-11-25(30)29(24)14-17/h1-11,17-18H,12-16H2/t17-,18-/m0/s1. The van der Waals surface area contributed by atoms with Crippen LogP contribution in [-0.2, 0) is 13.1 Å². The Bertz CT molecular complexity index is 1290. The molecule has 30 heavy (non-hydrogen) atoms. The quantitative estimate of drug-likeness (QED) is 0.409. The van der Waals surface area contributed by atoms with Gasteiger partial charge in [-0.25, -0.2) is 0 Å². The topological polar surface area (TPSA) is 25.2 Å². The van der Waals surface area contributed by atoms with Crippen molar-refractivity contribution in [1.82, 2.24) is 9.47 Å². The van der Waals surface area contributed by atoms with Gasteiger partial charge in [0.25, 0.3) is 5.56 Å². The number of likely N-dealkylation sites (tertiary alicyclic amines) is 1. The molecule has 2 bridgehead atoms. The Labute approximate surface area is 180 Å². The molecule has 0 N–H and O–H groups in total. The Hall–Kier alpha value is -2.62. The molecule has 3 nitrogen and oxygen atoms in total. The number of hydrogen-bond acceptors (Lipinski definition) is 2. The third-order valence-corrected chi connectivity index (χ3v) is 7.32. The van der Waals surface area contributed by atoms with Crippen molar-refractivity contribution in [1.29, 1.82) is 0 Å². The molecule has 150 valence electrons. The normalized spacial score (nSPS) is 21.1. The van der Waals surface area contributed by atoms with Gasteiger partial charge in [0.2, 0.25) is 0 Å². The molecule has 3 heterocycles. The summed E-state index contributed by atoms with van der Waals surface area (Å²) in [5, 5.41) is 5.58.